The Morgan fingerprint density at radius 2 is 2.17 bits per heavy atom. The van der Waals surface area contributed by atoms with E-state index in [2.05, 4.69) is 16.0 Å². The molecule has 0 heterocycles. The second kappa shape index (κ2) is 7.02. The van der Waals surface area contributed by atoms with Crippen LogP contribution >= 0.6 is 0 Å². The van der Waals surface area contributed by atoms with Gasteiger partial charge in [-0.25, -0.2) is 9.68 Å². The van der Waals surface area contributed by atoms with Gasteiger partial charge in [-0.2, -0.15) is 0 Å². The number of carbonyl (C=O) groups excluding carboxylic acids is 1. The smallest absolute Gasteiger partial charge is 0.333 e. The van der Waals surface area contributed by atoms with Gasteiger partial charge in [-0.05, 0) is 6.92 Å². The normalized spacial score (nSPS) is 9.75. The van der Waals surface area contributed by atoms with Crippen LogP contribution < -0.4 is 0 Å². The molecule has 0 spiro atoms. The van der Waals surface area contributed by atoms with Crippen LogP contribution in [0, 0.1) is 0 Å². The highest BCUT2D eigenvalue weighted by atomic mass is 28.2. The van der Waals surface area contributed by atoms with Crippen molar-refractivity contribution in [2.24, 2.45) is 0 Å². The first-order valence-corrected chi connectivity index (χ1v) is 4.48. The van der Waals surface area contributed by atoms with Crippen molar-refractivity contribution in [3.05, 3.63) is 12.2 Å². The second-order valence-electron chi connectivity index (χ2n) is 2.26. The fourth-order valence-electron chi connectivity index (χ4n) is 0.489. The van der Waals surface area contributed by atoms with Gasteiger partial charge in [-0.3, -0.25) is 4.58 Å². The summed E-state index contributed by atoms with van der Waals surface area (Å²) in [6, 6.07) is 0. The average molecular weight is 190 g/mol. The van der Waals surface area contributed by atoms with E-state index in [4.69, 9.17) is 4.74 Å². The summed E-state index contributed by atoms with van der Waals surface area (Å²) in [6.45, 7) is 5.85. The zero-order valence-corrected chi connectivity index (χ0v) is 9.46. The van der Waals surface area contributed by atoms with Crippen LogP contribution in [0.5, 0.6) is 0 Å². The molecule has 0 bridgehead atoms. The fourth-order valence-corrected chi connectivity index (χ4v) is 0.656. The van der Waals surface area contributed by atoms with E-state index in [9.17, 15) is 4.79 Å². The van der Waals surface area contributed by atoms with E-state index >= 15 is 0 Å². The molecule has 0 aromatic carbocycles. The van der Waals surface area contributed by atoms with Crippen molar-refractivity contribution in [2.75, 3.05) is 13.2 Å². The number of carbonyl (C=O) groups is 1. The Balaban J connectivity index is 3.20. The highest BCUT2D eigenvalue weighted by Crippen LogP contribution is 1.93. The van der Waals surface area contributed by atoms with E-state index in [0.29, 0.717) is 35.7 Å². The van der Waals surface area contributed by atoms with E-state index in [1.807, 2.05) is 0 Å². The summed E-state index contributed by atoms with van der Waals surface area (Å²) in [5, 5.41) is 0. The zero-order chi connectivity index (χ0) is 9.40. The molecular formula is C7H14O4Si. The first-order valence-electron chi connectivity index (χ1n) is 3.66. The summed E-state index contributed by atoms with van der Waals surface area (Å²) in [5.74, 6) is -0.359. The Morgan fingerprint density at radius 3 is 2.67 bits per heavy atom. The molecule has 0 radical (unpaired) electrons. The SMILES string of the molecule is C=C(C)C(=O)OCCCOO[SiH3]. The van der Waals surface area contributed by atoms with Gasteiger partial charge in [-0.1, -0.05) is 6.58 Å². The van der Waals surface area contributed by atoms with Gasteiger partial charge in [0, 0.05) is 12.0 Å². The maximum absolute atomic E-state index is 10.8. The van der Waals surface area contributed by atoms with Crippen molar-refractivity contribution in [3.8, 4) is 0 Å². The van der Waals surface area contributed by atoms with Gasteiger partial charge in [0.25, 0.3) is 0 Å². The van der Waals surface area contributed by atoms with Crippen molar-refractivity contribution in [2.45, 2.75) is 13.3 Å². The standard InChI is InChI=1S/C7H14O4Si/c1-6(2)7(8)9-4-3-5-10-11-12/h1,3-5H2,2,12H3. The molecule has 0 aliphatic rings. The predicted octanol–water partition coefficient (Wildman–Crippen LogP) is -0.276. The van der Waals surface area contributed by atoms with Gasteiger partial charge in [0.05, 0.1) is 13.2 Å². The topological polar surface area (TPSA) is 44.8 Å². The molecule has 0 aliphatic heterocycles. The maximum atomic E-state index is 10.8. The molecule has 0 saturated heterocycles. The third-order valence-corrected chi connectivity index (χ3v) is 1.31. The third kappa shape index (κ3) is 6.08. The predicted molar refractivity (Wildman–Crippen MR) is 47.4 cm³/mol. The lowest BCUT2D eigenvalue weighted by atomic mass is 10.4. The molecule has 0 aliphatic carbocycles. The fraction of sp³-hybridized carbons (Fsp3) is 0.571. The number of rotatable bonds is 6. The van der Waals surface area contributed by atoms with Crippen molar-refractivity contribution in [1.82, 2.24) is 0 Å². The summed E-state index contributed by atoms with van der Waals surface area (Å²) < 4.78 is 9.26. The van der Waals surface area contributed by atoms with E-state index in [-0.39, 0.29) is 5.97 Å². The van der Waals surface area contributed by atoms with E-state index in [1.54, 1.807) is 6.92 Å². The highest BCUT2D eigenvalue weighted by Gasteiger charge is 2.01. The van der Waals surface area contributed by atoms with E-state index in [0.717, 1.165) is 0 Å². The lowest BCUT2D eigenvalue weighted by molar-refractivity contribution is -0.205. The molecule has 0 fully saturated rings. The Hall–Kier alpha value is -0.653. The molecule has 0 amide bonds. The van der Waals surface area contributed by atoms with Crippen LogP contribution in [-0.4, -0.2) is 29.7 Å². The first-order chi connectivity index (χ1) is 5.68. The molecule has 70 valence electrons. The number of ether oxygens (including phenoxy) is 1. The summed E-state index contributed by atoms with van der Waals surface area (Å²) in [4.78, 5) is 15.4. The van der Waals surface area contributed by atoms with E-state index in [1.165, 1.54) is 0 Å². The Kier molecular flexibility index (Phi) is 6.64. The lowest BCUT2D eigenvalue weighted by Crippen LogP contribution is -2.08. The van der Waals surface area contributed by atoms with Crippen LogP contribution in [0.2, 0.25) is 0 Å². The molecule has 0 rings (SSSR count). The largest absolute Gasteiger partial charge is 0.462 e. The van der Waals surface area contributed by atoms with Crippen LogP contribution in [-0.2, 0) is 19.0 Å². The van der Waals surface area contributed by atoms with Gasteiger partial charge in [0.1, 0.15) is 0 Å². The van der Waals surface area contributed by atoms with Crippen LogP contribution in [0.4, 0.5) is 0 Å². The quantitative estimate of drug-likeness (QED) is 0.144. The van der Waals surface area contributed by atoms with Crippen LogP contribution in [0.3, 0.4) is 0 Å². The van der Waals surface area contributed by atoms with Gasteiger partial charge in [-0.15, -0.1) is 0 Å². The van der Waals surface area contributed by atoms with Crippen molar-refractivity contribution < 1.29 is 19.0 Å². The van der Waals surface area contributed by atoms with Gasteiger partial charge < -0.3 is 4.74 Å². The molecule has 0 aromatic heterocycles. The van der Waals surface area contributed by atoms with Crippen molar-refractivity contribution in [1.29, 1.82) is 0 Å². The van der Waals surface area contributed by atoms with E-state index < -0.39 is 0 Å². The second-order valence-corrected chi connectivity index (χ2v) is 2.59. The lowest BCUT2D eigenvalue weighted by Gasteiger charge is -2.03. The minimum Gasteiger partial charge on any atom is -0.462 e. The molecule has 4 nitrogen and oxygen atoms in total. The van der Waals surface area contributed by atoms with Gasteiger partial charge in [0.15, 0.2) is 10.5 Å². The maximum Gasteiger partial charge on any atom is 0.333 e. The monoisotopic (exact) mass is 190 g/mol. The number of hydrogen-bond donors (Lipinski definition) is 0. The molecule has 0 N–H and O–H groups in total. The molecule has 0 unspecified atom stereocenters. The number of hydrogen-bond acceptors (Lipinski definition) is 4. The summed E-state index contributed by atoms with van der Waals surface area (Å²) in [7, 11) is 0.557. The average Bonchev–Trinajstić information content (AvgIpc) is 2.03. The molecule has 0 aromatic rings. The third-order valence-electron chi connectivity index (χ3n) is 1.07. The van der Waals surface area contributed by atoms with Crippen LogP contribution in [0.1, 0.15) is 13.3 Å². The highest BCUT2D eigenvalue weighted by molar-refractivity contribution is 5.97. The molecule has 12 heavy (non-hydrogen) atoms. The first kappa shape index (κ1) is 11.3. The molecule has 0 saturated carbocycles. The Bertz CT molecular complexity index is 157. The van der Waals surface area contributed by atoms with Gasteiger partial charge >= 0.3 is 5.97 Å². The number of esters is 1. The summed E-state index contributed by atoms with van der Waals surface area (Å²) in [5.41, 5.74) is 0.412. The van der Waals surface area contributed by atoms with Crippen molar-refractivity contribution >= 4 is 16.5 Å². The molecule has 5 heteroatoms. The Labute approximate surface area is 75.0 Å². The molecular weight excluding hydrogens is 176 g/mol. The van der Waals surface area contributed by atoms with Crippen LogP contribution in [0.25, 0.3) is 0 Å². The minimum absolute atomic E-state index is 0.344. The van der Waals surface area contributed by atoms with Gasteiger partial charge in [0.2, 0.25) is 0 Å². The Morgan fingerprint density at radius 1 is 1.50 bits per heavy atom. The minimum atomic E-state index is -0.359. The summed E-state index contributed by atoms with van der Waals surface area (Å²) in [6.07, 6.45) is 0.640. The van der Waals surface area contributed by atoms with Crippen molar-refractivity contribution in [3.63, 3.8) is 0 Å². The van der Waals surface area contributed by atoms with Crippen LogP contribution in [0.15, 0.2) is 12.2 Å². The zero-order valence-electron chi connectivity index (χ0n) is 7.46. The molecule has 0 atom stereocenters. The summed E-state index contributed by atoms with van der Waals surface area (Å²) >= 11 is 0.